The molecule has 0 aliphatic carbocycles. The molecule has 2 rings (SSSR count). The number of benzene rings is 1. The molecular formula is C15H20ClN3. The summed E-state index contributed by atoms with van der Waals surface area (Å²) in [6.07, 6.45) is 4.97. The number of imidazole rings is 1. The number of halogens is 1. The number of rotatable bonds is 5. The van der Waals surface area contributed by atoms with E-state index in [0.29, 0.717) is 0 Å². The number of nitrogens with one attached hydrogen (secondary N) is 1. The van der Waals surface area contributed by atoms with Crippen LogP contribution in [-0.2, 0) is 6.54 Å². The zero-order chi connectivity index (χ0) is 13.8. The molecule has 0 aliphatic rings. The first-order valence-corrected chi connectivity index (χ1v) is 6.99. The van der Waals surface area contributed by atoms with E-state index in [1.807, 2.05) is 32.4 Å². The van der Waals surface area contributed by atoms with Crippen LogP contribution in [0, 0.1) is 6.92 Å². The maximum absolute atomic E-state index is 6.22. The zero-order valence-corrected chi connectivity index (χ0v) is 12.4. The van der Waals surface area contributed by atoms with Gasteiger partial charge in [0.25, 0.3) is 0 Å². The van der Waals surface area contributed by atoms with Gasteiger partial charge in [-0.2, -0.15) is 0 Å². The highest BCUT2D eigenvalue weighted by Crippen LogP contribution is 2.25. The molecule has 0 aliphatic heterocycles. The lowest BCUT2D eigenvalue weighted by Crippen LogP contribution is -2.22. The third-order valence-corrected chi connectivity index (χ3v) is 3.70. The van der Waals surface area contributed by atoms with E-state index in [9.17, 15) is 0 Å². The summed E-state index contributed by atoms with van der Waals surface area (Å²) in [4.78, 5) is 4.49. The molecule has 0 fully saturated rings. The standard InChI is InChI=1S/C15H20ClN3/c1-4-8-19-9-7-18-15(19)14(17-3)12-6-5-11(2)13(16)10-12/h5-7,9-10,14,17H,4,8H2,1-3H3. The topological polar surface area (TPSA) is 29.9 Å². The Bertz CT molecular complexity index is 548. The van der Waals surface area contributed by atoms with Gasteiger partial charge >= 0.3 is 0 Å². The van der Waals surface area contributed by atoms with Crippen molar-refractivity contribution in [1.29, 1.82) is 0 Å². The molecule has 1 heterocycles. The van der Waals surface area contributed by atoms with E-state index in [2.05, 4.69) is 33.9 Å². The molecule has 0 radical (unpaired) electrons. The number of aryl methyl sites for hydroxylation is 2. The number of aromatic nitrogens is 2. The molecule has 0 saturated carbocycles. The first-order valence-electron chi connectivity index (χ1n) is 6.61. The minimum atomic E-state index is 0.0691. The average Bonchev–Trinajstić information content (AvgIpc) is 2.83. The SMILES string of the molecule is CCCn1ccnc1C(NC)c1ccc(C)c(Cl)c1. The van der Waals surface area contributed by atoms with Crippen LogP contribution in [0.25, 0.3) is 0 Å². The molecule has 0 saturated heterocycles. The minimum absolute atomic E-state index is 0.0691. The van der Waals surface area contributed by atoms with Crippen molar-refractivity contribution < 1.29 is 0 Å². The number of hydrogen-bond acceptors (Lipinski definition) is 2. The van der Waals surface area contributed by atoms with E-state index in [4.69, 9.17) is 11.6 Å². The summed E-state index contributed by atoms with van der Waals surface area (Å²) < 4.78 is 2.19. The van der Waals surface area contributed by atoms with Gasteiger partial charge in [-0.15, -0.1) is 0 Å². The lowest BCUT2D eigenvalue weighted by atomic mass is 10.0. The van der Waals surface area contributed by atoms with Gasteiger partial charge in [0.15, 0.2) is 0 Å². The van der Waals surface area contributed by atoms with E-state index >= 15 is 0 Å². The summed E-state index contributed by atoms with van der Waals surface area (Å²) in [6, 6.07) is 6.24. The fraction of sp³-hybridized carbons (Fsp3) is 0.400. The molecule has 2 aromatic rings. The molecule has 4 heteroatoms. The monoisotopic (exact) mass is 277 g/mol. The fourth-order valence-electron chi connectivity index (χ4n) is 2.24. The number of hydrogen-bond donors (Lipinski definition) is 1. The predicted molar refractivity (Wildman–Crippen MR) is 79.6 cm³/mol. The average molecular weight is 278 g/mol. The lowest BCUT2D eigenvalue weighted by Gasteiger charge is -2.18. The van der Waals surface area contributed by atoms with Crippen LogP contribution in [0.15, 0.2) is 30.6 Å². The van der Waals surface area contributed by atoms with Gasteiger partial charge in [-0.05, 0) is 37.6 Å². The van der Waals surface area contributed by atoms with Crippen molar-refractivity contribution in [2.75, 3.05) is 7.05 Å². The summed E-state index contributed by atoms with van der Waals surface area (Å²) in [6.45, 7) is 5.16. The Morgan fingerprint density at radius 2 is 2.21 bits per heavy atom. The van der Waals surface area contributed by atoms with Gasteiger partial charge in [0.1, 0.15) is 5.82 Å². The van der Waals surface area contributed by atoms with Crippen molar-refractivity contribution in [3.05, 3.63) is 52.6 Å². The van der Waals surface area contributed by atoms with Crippen LogP contribution in [0.2, 0.25) is 5.02 Å². The Balaban J connectivity index is 2.38. The van der Waals surface area contributed by atoms with Gasteiger partial charge in [-0.1, -0.05) is 30.7 Å². The summed E-state index contributed by atoms with van der Waals surface area (Å²) in [5, 5.41) is 4.12. The van der Waals surface area contributed by atoms with Crippen molar-refractivity contribution in [2.24, 2.45) is 0 Å². The molecule has 0 spiro atoms. The lowest BCUT2D eigenvalue weighted by molar-refractivity contribution is 0.568. The second-order valence-corrected chi connectivity index (χ2v) is 5.12. The van der Waals surface area contributed by atoms with Crippen LogP contribution >= 0.6 is 11.6 Å². The molecule has 1 aromatic carbocycles. The normalized spacial score (nSPS) is 12.6. The van der Waals surface area contributed by atoms with Gasteiger partial charge in [0.2, 0.25) is 0 Å². The molecule has 3 nitrogen and oxygen atoms in total. The van der Waals surface area contributed by atoms with Crippen LogP contribution in [-0.4, -0.2) is 16.6 Å². The molecule has 1 unspecified atom stereocenters. The quantitative estimate of drug-likeness (QED) is 0.906. The second kappa shape index (κ2) is 6.22. The smallest absolute Gasteiger partial charge is 0.130 e. The second-order valence-electron chi connectivity index (χ2n) is 4.71. The molecular weight excluding hydrogens is 258 g/mol. The molecule has 102 valence electrons. The van der Waals surface area contributed by atoms with E-state index < -0.39 is 0 Å². The highest BCUT2D eigenvalue weighted by atomic mass is 35.5. The van der Waals surface area contributed by atoms with Gasteiger partial charge in [-0.25, -0.2) is 4.98 Å². The highest BCUT2D eigenvalue weighted by molar-refractivity contribution is 6.31. The van der Waals surface area contributed by atoms with E-state index in [-0.39, 0.29) is 6.04 Å². The Kier molecular flexibility index (Phi) is 4.61. The largest absolute Gasteiger partial charge is 0.333 e. The van der Waals surface area contributed by atoms with Crippen molar-refractivity contribution in [2.45, 2.75) is 32.9 Å². The summed E-state index contributed by atoms with van der Waals surface area (Å²) in [5.74, 6) is 1.03. The summed E-state index contributed by atoms with van der Waals surface area (Å²) >= 11 is 6.22. The molecule has 0 bridgehead atoms. The van der Waals surface area contributed by atoms with Gasteiger partial charge in [-0.3, -0.25) is 0 Å². The summed E-state index contributed by atoms with van der Waals surface area (Å²) in [5.41, 5.74) is 2.24. The Morgan fingerprint density at radius 1 is 1.42 bits per heavy atom. The molecule has 1 aromatic heterocycles. The van der Waals surface area contributed by atoms with Crippen molar-refractivity contribution in [3.63, 3.8) is 0 Å². The first-order chi connectivity index (χ1) is 9.17. The predicted octanol–water partition coefficient (Wildman–Crippen LogP) is 3.56. The van der Waals surface area contributed by atoms with Gasteiger partial charge < -0.3 is 9.88 Å². The van der Waals surface area contributed by atoms with E-state index in [0.717, 1.165) is 34.9 Å². The summed E-state index contributed by atoms with van der Waals surface area (Å²) in [7, 11) is 1.95. The van der Waals surface area contributed by atoms with E-state index in [1.165, 1.54) is 0 Å². The zero-order valence-electron chi connectivity index (χ0n) is 11.7. The van der Waals surface area contributed by atoms with Crippen molar-refractivity contribution in [1.82, 2.24) is 14.9 Å². The Morgan fingerprint density at radius 3 is 2.84 bits per heavy atom. The molecule has 19 heavy (non-hydrogen) atoms. The third-order valence-electron chi connectivity index (χ3n) is 3.29. The van der Waals surface area contributed by atoms with Crippen LogP contribution in [0.4, 0.5) is 0 Å². The molecule has 1 N–H and O–H groups in total. The Hall–Kier alpha value is -1.32. The fourth-order valence-corrected chi connectivity index (χ4v) is 2.43. The van der Waals surface area contributed by atoms with Crippen LogP contribution in [0.3, 0.4) is 0 Å². The van der Waals surface area contributed by atoms with Gasteiger partial charge in [0, 0.05) is 24.0 Å². The van der Waals surface area contributed by atoms with Crippen LogP contribution < -0.4 is 5.32 Å². The minimum Gasteiger partial charge on any atom is -0.333 e. The van der Waals surface area contributed by atoms with Gasteiger partial charge in [0.05, 0.1) is 6.04 Å². The molecule has 0 amide bonds. The van der Waals surface area contributed by atoms with Crippen molar-refractivity contribution in [3.8, 4) is 0 Å². The van der Waals surface area contributed by atoms with Crippen LogP contribution in [0.5, 0.6) is 0 Å². The van der Waals surface area contributed by atoms with E-state index in [1.54, 1.807) is 0 Å². The highest BCUT2D eigenvalue weighted by Gasteiger charge is 2.17. The first kappa shape index (κ1) is 14.1. The Labute approximate surface area is 119 Å². The third kappa shape index (κ3) is 2.99. The maximum Gasteiger partial charge on any atom is 0.130 e. The number of nitrogens with zero attached hydrogens (tertiary/aromatic N) is 2. The molecule has 1 atom stereocenters. The van der Waals surface area contributed by atoms with Crippen LogP contribution in [0.1, 0.15) is 36.3 Å². The van der Waals surface area contributed by atoms with Crippen molar-refractivity contribution >= 4 is 11.6 Å². The maximum atomic E-state index is 6.22.